The van der Waals surface area contributed by atoms with Gasteiger partial charge in [-0.25, -0.2) is 4.98 Å². The van der Waals surface area contributed by atoms with Crippen molar-refractivity contribution >= 4 is 11.5 Å². The number of hydrogen-bond donors (Lipinski definition) is 0. The summed E-state index contributed by atoms with van der Waals surface area (Å²) < 4.78 is 0. The standard InChI is InChI=1S/C4H2N4O4/c9-7(10)3-1-5-2-6-4(3)8(11)12/h1-2H. The molecule has 0 atom stereocenters. The molecule has 0 aliphatic rings. The normalized spacial score (nSPS) is 9.33. The van der Waals surface area contributed by atoms with Crippen molar-refractivity contribution in [3.63, 3.8) is 0 Å². The largest absolute Gasteiger partial charge is 0.445 e. The zero-order valence-electron chi connectivity index (χ0n) is 5.58. The van der Waals surface area contributed by atoms with Gasteiger partial charge in [0.05, 0.1) is 4.92 Å². The number of rotatable bonds is 2. The third-order valence-corrected chi connectivity index (χ3v) is 1.04. The molecule has 0 N–H and O–H groups in total. The first kappa shape index (κ1) is 7.98. The van der Waals surface area contributed by atoms with Gasteiger partial charge < -0.3 is 10.1 Å². The Labute approximate surface area is 65.2 Å². The minimum atomic E-state index is -0.931. The molecule has 12 heavy (non-hydrogen) atoms. The van der Waals surface area contributed by atoms with Crippen LogP contribution in [0.4, 0.5) is 11.5 Å². The van der Waals surface area contributed by atoms with Crippen molar-refractivity contribution in [2.45, 2.75) is 0 Å². The van der Waals surface area contributed by atoms with Crippen LogP contribution in [0.1, 0.15) is 0 Å². The summed E-state index contributed by atoms with van der Waals surface area (Å²) in [6.07, 6.45) is 1.66. The average molecular weight is 170 g/mol. The maximum absolute atomic E-state index is 10.1. The smallest absolute Gasteiger partial charge is 0.358 e. The highest BCUT2D eigenvalue weighted by atomic mass is 16.6. The quantitative estimate of drug-likeness (QED) is 0.465. The van der Waals surface area contributed by atoms with E-state index in [0.29, 0.717) is 0 Å². The Balaban J connectivity index is 3.27. The first-order valence-electron chi connectivity index (χ1n) is 2.71. The molecule has 62 valence electrons. The van der Waals surface area contributed by atoms with E-state index in [1.807, 2.05) is 0 Å². The molecule has 0 amide bonds. The maximum atomic E-state index is 10.1. The molecule has 0 spiro atoms. The highest BCUT2D eigenvalue weighted by Gasteiger charge is 2.24. The van der Waals surface area contributed by atoms with Crippen molar-refractivity contribution in [1.29, 1.82) is 0 Å². The first-order valence-corrected chi connectivity index (χ1v) is 2.71. The molecule has 0 radical (unpaired) electrons. The minimum absolute atomic E-state index is 0.706. The average Bonchev–Trinajstić information content (AvgIpc) is 2.04. The second-order valence-electron chi connectivity index (χ2n) is 1.75. The van der Waals surface area contributed by atoms with E-state index in [1.54, 1.807) is 0 Å². The van der Waals surface area contributed by atoms with E-state index in [0.717, 1.165) is 12.5 Å². The van der Waals surface area contributed by atoms with Gasteiger partial charge in [0.1, 0.15) is 6.20 Å². The van der Waals surface area contributed by atoms with Crippen molar-refractivity contribution in [3.8, 4) is 0 Å². The molecule has 1 heterocycles. The van der Waals surface area contributed by atoms with Crippen LogP contribution in [0.15, 0.2) is 12.5 Å². The molecule has 0 fully saturated rings. The molecule has 0 saturated heterocycles. The molecule has 1 rings (SSSR count). The summed E-state index contributed by atoms with van der Waals surface area (Å²) in [5, 5.41) is 20.3. The van der Waals surface area contributed by atoms with Crippen LogP contribution in [0.25, 0.3) is 0 Å². The predicted octanol–water partition coefficient (Wildman–Crippen LogP) is 0.293. The van der Waals surface area contributed by atoms with E-state index in [1.165, 1.54) is 0 Å². The highest BCUT2D eigenvalue weighted by molar-refractivity contribution is 5.42. The number of hydrogen-bond acceptors (Lipinski definition) is 6. The number of nitrogens with zero attached hydrogens (tertiary/aromatic N) is 4. The Bertz CT molecular complexity index is 305. The van der Waals surface area contributed by atoms with Gasteiger partial charge in [-0.1, -0.05) is 0 Å². The van der Waals surface area contributed by atoms with E-state index >= 15 is 0 Å². The molecule has 1 aromatic heterocycles. The highest BCUT2D eigenvalue weighted by Crippen LogP contribution is 2.20. The van der Waals surface area contributed by atoms with Crippen LogP contribution in [0.2, 0.25) is 0 Å². The second kappa shape index (κ2) is 2.86. The molecule has 8 heteroatoms. The summed E-state index contributed by atoms with van der Waals surface area (Å²) >= 11 is 0. The third-order valence-electron chi connectivity index (χ3n) is 1.04. The van der Waals surface area contributed by atoms with E-state index in [4.69, 9.17) is 0 Å². The first-order chi connectivity index (χ1) is 5.63. The molecule has 0 aliphatic carbocycles. The van der Waals surface area contributed by atoms with Crippen LogP contribution in [-0.2, 0) is 0 Å². The Morgan fingerprint density at radius 1 is 1.25 bits per heavy atom. The maximum Gasteiger partial charge on any atom is 0.445 e. The van der Waals surface area contributed by atoms with Crippen LogP contribution >= 0.6 is 0 Å². The number of nitro groups is 2. The fraction of sp³-hybridized carbons (Fsp3) is 0. The molecule has 0 unspecified atom stereocenters. The Kier molecular flexibility index (Phi) is 1.90. The van der Waals surface area contributed by atoms with E-state index in [9.17, 15) is 20.2 Å². The molecule has 0 bridgehead atoms. The van der Waals surface area contributed by atoms with Crippen LogP contribution in [-0.4, -0.2) is 19.8 Å². The van der Waals surface area contributed by atoms with Crippen molar-refractivity contribution in [2.75, 3.05) is 0 Å². The lowest BCUT2D eigenvalue weighted by atomic mass is 10.5. The predicted molar refractivity (Wildman–Crippen MR) is 35.3 cm³/mol. The van der Waals surface area contributed by atoms with E-state index < -0.39 is 21.4 Å². The van der Waals surface area contributed by atoms with Gasteiger partial charge in [-0.05, 0) is 9.91 Å². The SMILES string of the molecule is O=[N+]([O-])c1cncnc1[N+](=O)[O-]. The van der Waals surface area contributed by atoms with Crippen molar-refractivity contribution in [2.24, 2.45) is 0 Å². The summed E-state index contributed by atoms with van der Waals surface area (Å²) in [7, 11) is 0. The fourth-order valence-corrected chi connectivity index (χ4v) is 0.585. The minimum Gasteiger partial charge on any atom is -0.358 e. The fourth-order valence-electron chi connectivity index (χ4n) is 0.585. The van der Waals surface area contributed by atoms with Gasteiger partial charge in [0.2, 0.25) is 6.33 Å². The van der Waals surface area contributed by atoms with Gasteiger partial charge in [-0.15, -0.1) is 0 Å². The summed E-state index contributed by atoms with van der Waals surface area (Å²) in [4.78, 5) is 24.9. The van der Waals surface area contributed by atoms with Gasteiger partial charge >= 0.3 is 11.5 Å². The molecular weight excluding hydrogens is 168 g/mol. The topological polar surface area (TPSA) is 112 Å². The molecule has 0 saturated carbocycles. The molecule has 0 aromatic carbocycles. The molecule has 8 nitrogen and oxygen atoms in total. The molecular formula is C4H2N4O4. The summed E-state index contributed by atoms with van der Waals surface area (Å²) in [5.41, 5.74) is -0.706. The molecule has 1 aromatic rings. The van der Waals surface area contributed by atoms with Crippen molar-refractivity contribution in [3.05, 3.63) is 32.8 Å². The summed E-state index contributed by atoms with van der Waals surface area (Å²) in [5.74, 6) is -0.796. The lowest BCUT2D eigenvalue weighted by Gasteiger charge is -1.91. The Hall–Kier alpha value is -2.12. The summed E-state index contributed by atoms with van der Waals surface area (Å²) in [6.45, 7) is 0. The zero-order valence-corrected chi connectivity index (χ0v) is 5.58. The molecule has 0 aliphatic heterocycles. The van der Waals surface area contributed by atoms with Crippen LogP contribution in [0, 0.1) is 20.2 Å². The van der Waals surface area contributed by atoms with Crippen LogP contribution < -0.4 is 0 Å². The van der Waals surface area contributed by atoms with Gasteiger partial charge in [0.15, 0.2) is 0 Å². The Morgan fingerprint density at radius 3 is 2.33 bits per heavy atom. The lowest BCUT2D eigenvalue weighted by molar-refractivity contribution is -0.426. The van der Waals surface area contributed by atoms with Gasteiger partial charge in [-0.3, -0.25) is 10.1 Å². The number of aromatic nitrogens is 2. The van der Waals surface area contributed by atoms with Gasteiger partial charge in [0, 0.05) is 0 Å². The monoisotopic (exact) mass is 170 g/mol. The van der Waals surface area contributed by atoms with Gasteiger partial charge in [-0.2, -0.15) is 0 Å². The third kappa shape index (κ3) is 1.31. The Morgan fingerprint density at radius 2 is 1.92 bits per heavy atom. The van der Waals surface area contributed by atoms with Gasteiger partial charge in [0.25, 0.3) is 0 Å². The van der Waals surface area contributed by atoms with E-state index in [2.05, 4.69) is 9.97 Å². The zero-order chi connectivity index (χ0) is 9.14. The second-order valence-corrected chi connectivity index (χ2v) is 1.75. The van der Waals surface area contributed by atoms with Crippen LogP contribution in [0.3, 0.4) is 0 Å². The lowest BCUT2D eigenvalue weighted by Crippen LogP contribution is -1.99. The van der Waals surface area contributed by atoms with Crippen molar-refractivity contribution < 1.29 is 9.85 Å². The van der Waals surface area contributed by atoms with Crippen molar-refractivity contribution in [1.82, 2.24) is 9.97 Å². The van der Waals surface area contributed by atoms with Crippen LogP contribution in [0.5, 0.6) is 0 Å². The summed E-state index contributed by atoms with van der Waals surface area (Å²) in [6, 6.07) is 0. The van der Waals surface area contributed by atoms with E-state index in [-0.39, 0.29) is 0 Å².